The van der Waals surface area contributed by atoms with Gasteiger partial charge in [-0.1, -0.05) is 0 Å². The fourth-order valence-corrected chi connectivity index (χ4v) is 3.31. The summed E-state index contributed by atoms with van der Waals surface area (Å²) in [6, 6.07) is 0. The maximum atomic E-state index is 2.31. The molecule has 0 unspecified atom stereocenters. The van der Waals surface area contributed by atoms with Gasteiger partial charge in [0.05, 0.1) is 0 Å². The molecule has 1 fully saturated rings. The van der Waals surface area contributed by atoms with Crippen LogP contribution in [0.25, 0.3) is 0 Å². The van der Waals surface area contributed by atoms with Crippen LogP contribution in [-0.4, -0.2) is 32.0 Å². The third-order valence-corrected chi connectivity index (χ3v) is 4.27. The first-order chi connectivity index (χ1) is 3.71. The predicted octanol–water partition coefficient (Wildman–Crippen LogP) is 1.70. The van der Waals surface area contributed by atoms with Crippen LogP contribution in [0.4, 0.5) is 0 Å². The Labute approximate surface area is 68.8 Å². The van der Waals surface area contributed by atoms with Crippen LogP contribution in [0.15, 0.2) is 0 Å². The van der Waals surface area contributed by atoms with Gasteiger partial charge in [-0.25, -0.2) is 0 Å². The van der Waals surface area contributed by atoms with Crippen molar-refractivity contribution in [1.82, 2.24) is 0 Å². The molecule has 1 rings (SSSR count). The number of hydrogen-bond acceptors (Lipinski definition) is 2. The van der Waals surface area contributed by atoms with Crippen molar-refractivity contribution >= 4 is 41.2 Å². The summed E-state index contributed by atoms with van der Waals surface area (Å²) < 4.78 is 0.512. The summed E-state index contributed by atoms with van der Waals surface area (Å²) in [4.78, 5) is 0. The van der Waals surface area contributed by atoms with Crippen molar-refractivity contribution in [3.05, 3.63) is 0 Å². The zero-order chi connectivity index (χ0) is 6.04. The second-order valence-electron chi connectivity index (χ2n) is 2.45. The molecule has 0 atom stereocenters. The summed E-state index contributed by atoms with van der Waals surface area (Å²) in [6.07, 6.45) is 1.40. The molecular formula is C5H9LiS2. The Morgan fingerprint density at radius 2 is 1.88 bits per heavy atom. The standard InChI is InChI=1S/C5H9S2.Li/c1-5-6-3-2-4-7-5;/h2-4H2,1H3;. The van der Waals surface area contributed by atoms with E-state index in [2.05, 4.69) is 48.2 Å². The van der Waals surface area contributed by atoms with Crippen molar-refractivity contribution in [2.75, 3.05) is 11.5 Å². The first kappa shape index (κ1) is 7.40. The molecule has 0 bridgehead atoms. The van der Waals surface area contributed by atoms with Crippen molar-refractivity contribution < 1.29 is 0 Å². The van der Waals surface area contributed by atoms with Crippen molar-refractivity contribution in [3.8, 4) is 0 Å². The normalized spacial score (nSPS) is 27.9. The van der Waals surface area contributed by atoms with Crippen LogP contribution >= 0.6 is 23.5 Å². The van der Waals surface area contributed by atoms with Gasteiger partial charge in [0.2, 0.25) is 0 Å². The van der Waals surface area contributed by atoms with E-state index in [-0.39, 0.29) is 0 Å². The van der Waals surface area contributed by atoms with Gasteiger partial charge in [-0.15, -0.1) is 0 Å². The Hall–Kier alpha value is 1.30. The molecule has 3 heteroatoms. The quantitative estimate of drug-likeness (QED) is 0.470. The molecule has 0 aliphatic carbocycles. The van der Waals surface area contributed by atoms with E-state index in [1.54, 1.807) is 0 Å². The van der Waals surface area contributed by atoms with Gasteiger partial charge in [0, 0.05) is 0 Å². The molecule has 8 heavy (non-hydrogen) atoms. The second kappa shape index (κ2) is 2.92. The summed E-state index contributed by atoms with van der Waals surface area (Å²) in [6.45, 7) is 2.31. The Kier molecular flexibility index (Phi) is 2.70. The average Bonchev–Trinajstić information content (AvgIpc) is 1.65. The van der Waals surface area contributed by atoms with Crippen molar-refractivity contribution in [1.29, 1.82) is 0 Å². The molecule has 1 heterocycles. The fraction of sp³-hybridized carbons (Fsp3) is 1.00. The van der Waals surface area contributed by atoms with Gasteiger partial charge in [0.1, 0.15) is 0 Å². The van der Waals surface area contributed by atoms with Gasteiger partial charge in [-0.3, -0.25) is 0 Å². The van der Waals surface area contributed by atoms with Crippen LogP contribution in [0.5, 0.6) is 0 Å². The summed E-state index contributed by atoms with van der Waals surface area (Å²) in [5.41, 5.74) is 0. The van der Waals surface area contributed by atoms with E-state index >= 15 is 0 Å². The number of rotatable bonds is 0. The fourth-order valence-electron chi connectivity index (χ4n) is 0.737. The monoisotopic (exact) mass is 140 g/mol. The predicted molar refractivity (Wildman–Crippen MR) is 43.7 cm³/mol. The molecule has 0 N–H and O–H groups in total. The SMILES string of the molecule is [Li][C]1(C)SCCCS1. The molecule has 0 aromatic rings. The van der Waals surface area contributed by atoms with Crippen LogP contribution < -0.4 is 0 Å². The molecule has 1 aliphatic rings. The first-order valence-electron chi connectivity index (χ1n) is 2.99. The van der Waals surface area contributed by atoms with E-state index in [0.29, 0.717) is 2.75 Å². The van der Waals surface area contributed by atoms with E-state index in [1.807, 2.05) is 0 Å². The summed E-state index contributed by atoms with van der Waals surface area (Å²) in [7, 11) is 0. The zero-order valence-corrected chi connectivity index (χ0v) is 7.07. The summed E-state index contributed by atoms with van der Waals surface area (Å²) in [5.74, 6) is 2.72. The minimum atomic E-state index is 0.512. The Balaban J connectivity index is 2.33. The van der Waals surface area contributed by atoms with Crippen molar-refractivity contribution in [2.24, 2.45) is 0 Å². The van der Waals surface area contributed by atoms with E-state index in [0.717, 1.165) is 0 Å². The molecule has 0 aromatic heterocycles. The zero-order valence-electron chi connectivity index (χ0n) is 5.44. The molecule has 0 aromatic carbocycles. The molecule has 0 saturated carbocycles. The Morgan fingerprint density at radius 1 is 1.38 bits per heavy atom. The van der Waals surface area contributed by atoms with Crippen LogP contribution in [0.3, 0.4) is 0 Å². The molecule has 1 saturated heterocycles. The number of hydrogen-bond donors (Lipinski definition) is 0. The molecule has 0 nitrogen and oxygen atoms in total. The molecular weight excluding hydrogens is 131 g/mol. The third-order valence-electron chi connectivity index (χ3n) is 1.19. The summed E-state index contributed by atoms with van der Waals surface area (Å²) >= 11 is 6.47. The van der Waals surface area contributed by atoms with Crippen LogP contribution in [0, 0.1) is 0 Å². The van der Waals surface area contributed by atoms with E-state index < -0.39 is 0 Å². The molecule has 1 aliphatic heterocycles. The Morgan fingerprint density at radius 3 is 2.12 bits per heavy atom. The van der Waals surface area contributed by atoms with Gasteiger partial charge >= 0.3 is 68.8 Å². The average molecular weight is 140 g/mol. The molecule has 0 amide bonds. The Bertz CT molecular complexity index is 74.5. The summed E-state index contributed by atoms with van der Waals surface area (Å²) in [5, 5.41) is 0. The van der Waals surface area contributed by atoms with Gasteiger partial charge in [0.15, 0.2) is 0 Å². The molecule has 42 valence electrons. The topological polar surface area (TPSA) is 0 Å². The van der Waals surface area contributed by atoms with E-state index in [4.69, 9.17) is 0 Å². The maximum absolute atomic E-state index is 2.31. The van der Waals surface area contributed by atoms with E-state index in [1.165, 1.54) is 17.9 Å². The van der Waals surface area contributed by atoms with Crippen LogP contribution in [-0.2, 0) is 0 Å². The van der Waals surface area contributed by atoms with Gasteiger partial charge < -0.3 is 0 Å². The first-order valence-corrected chi connectivity index (χ1v) is 4.96. The minimum absolute atomic E-state index is 0.512. The third kappa shape index (κ3) is 2.27. The van der Waals surface area contributed by atoms with Gasteiger partial charge in [-0.2, -0.15) is 0 Å². The van der Waals surface area contributed by atoms with Gasteiger partial charge in [-0.05, 0) is 0 Å². The van der Waals surface area contributed by atoms with E-state index in [9.17, 15) is 0 Å². The molecule has 0 spiro atoms. The van der Waals surface area contributed by atoms with Crippen LogP contribution in [0.2, 0.25) is 0 Å². The van der Waals surface area contributed by atoms with Crippen molar-refractivity contribution in [2.45, 2.75) is 16.1 Å². The number of thioether (sulfide) groups is 2. The van der Waals surface area contributed by atoms with Crippen molar-refractivity contribution in [3.63, 3.8) is 0 Å². The van der Waals surface area contributed by atoms with Gasteiger partial charge in [0.25, 0.3) is 0 Å². The van der Waals surface area contributed by atoms with Crippen LogP contribution in [0.1, 0.15) is 13.3 Å². The molecule has 0 radical (unpaired) electrons. The second-order valence-corrected chi connectivity index (χ2v) is 6.14.